The number of likely N-dealkylation sites (tertiary alicyclic amines) is 1. The number of hydrogen-bond donors (Lipinski definition) is 1. The fraction of sp³-hybridized carbons (Fsp3) is 1.00. The van der Waals surface area contributed by atoms with E-state index < -0.39 is 0 Å². The van der Waals surface area contributed by atoms with Crippen LogP contribution in [0.25, 0.3) is 0 Å². The third-order valence-corrected chi connectivity index (χ3v) is 3.94. The van der Waals surface area contributed by atoms with Gasteiger partial charge in [0.1, 0.15) is 0 Å². The van der Waals surface area contributed by atoms with Gasteiger partial charge in [-0.05, 0) is 51.5 Å². The molecule has 1 heterocycles. The fourth-order valence-electron chi connectivity index (χ4n) is 2.55. The number of aliphatic hydroxyl groups excluding tert-OH is 1. The highest BCUT2D eigenvalue weighted by Gasteiger charge is 2.43. The molecule has 13 heavy (non-hydrogen) atoms. The predicted octanol–water partition coefficient (Wildman–Crippen LogP) is 1.49. The van der Waals surface area contributed by atoms with Crippen LogP contribution in [0.5, 0.6) is 0 Å². The van der Waals surface area contributed by atoms with E-state index in [9.17, 15) is 0 Å². The summed E-state index contributed by atoms with van der Waals surface area (Å²) in [6, 6.07) is 0. The Labute approximate surface area is 80.9 Å². The molecule has 1 N–H and O–H groups in total. The smallest absolute Gasteiger partial charge is 0.0471 e. The van der Waals surface area contributed by atoms with Crippen LogP contribution in [0.3, 0.4) is 0 Å². The van der Waals surface area contributed by atoms with Crippen molar-refractivity contribution in [1.82, 2.24) is 4.90 Å². The average molecular weight is 183 g/mol. The molecule has 1 aliphatic carbocycles. The van der Waals surface area contributed by atoms with Crippen LogP contribution in [0, 0.1) is 11.8 Å². The van der Waals surface area contributed by atoms with Crippen molar-refractivity contribution in [2.75, 3.05) is 19.7 Å². The first-order chi connectivity index (χ1) is 6.14. The highest BCUT2D eigenvalue weighted by molar-refractivity contribution is 4.98. The quantitative estimate of drug-likeness (QED) is 0.716. The molecule has 0 spiro atoms. The molecule has 2 heteroatoms. The van der Waals surface area contributed by atoms with Crippen molar-refractivity contribution in [1.29, 1.82) is 0 Å². The summed E-state index contributed by atoms with van der Waals surface area (Å²) in [7, 11) is 0. The molecular formula is C11H21NO. The van der Waals surface area contributed by atoms with Gasteiger partial charge in [-0.2, -0.15) is 0 Å². The maximum Gasteiger partial charge on any atom is 0.0471 e. The van der Waals surface area contributed by atoms with Gasteiger partial charge < -0.3 is 5.11 Å². The lowest BCUT2D eigenvalue weighted by atomic mass is 9.96. The van der Waals surface area contributed by atoms with Gasteiger partial charge in [-0.1, -0.05) is 0 Å². The Balaban J connectivity index is 1.93. The first-order valence-corrected chi connectivity index (χ1v) is 5.50. The Morgan fingerprint density at radius 3 is 2.46 bits per heavy atom. The summed E-state index contributed by atoms with van der Waals surface area (Å²) in [5.74, 6) is 1.46. The van der Waals surface area contributed by atoms with Gasteiger partial charge in [-0.15, -0.1) is 0 Å². The van der Waals surface area contributed by atoms with Gasteiger partial charge in [0.05, 0.1) is 0 Å². The molecule has 1 saturated carbocycles. The Kier molecular flexibility index (Phi) is 2.37. The third-order valence-electron chi connectivity index (χ3n) is 3.94. The molecule has 2 rings (SSSR count). The molecular weight excluding hydrogens is 162 g/mol. The lowest BCUT2D eigenvalue weighted by molar-refractivity contribution is 0.117. The van der Waals surface area contributed by atoms with Gasteiger partial charge in [-0.25, -0.2) is 0 Å². The summed E-state index contributed by atoms with van der Waals surface area (Å²) >= 11 is 0. The minimum atomic E-state index is 0.372. The zero-order valence-corrected chi connectivity index (χ0v) is 8.79. The first-order valence-electron chi connectivity index (χ1n) is 5.50. The van der Waals surface area contributed by atoms with Gasteiger partial charge in [0, 0.05) is 18.7 Å². The topological polar surface area (TPSA) is 23.5 Å². The second-order valence-electron chi connectivity index (χ2n) is 5.21. The molecule has 2 nitrogen and oxygen atoms in total. The predicted molar refractivity (Wildman–Crippen MR) is 53.6 cm³/mol. The van der Waals surface area contributed by atoms with Gasteiger partial charge in [0.2, 0.25) is 0 Å². The lowest BCUT2D eigenvalue weighted by Gasteiger charge is -2.36. The van der Waals surface area contributed by atoms with Gasteiger partial charge in [-0.3, -0.25) is 4.90 Å². The summed E-state index contributed by atoms with van der Waals surface area (Å²) < 4.78 is 0. The van der Waals surface area contributed by atoms with E-state index in [0.29, 0.717) is 18.1 Å². The molecule has 0 aromatic rings. The van der Waals surface area contributed by atoms with Crippen molar-refractivity contribution in [2.24, 2.45) is 11.8 Å². The molecule has 2 aliphatic rings. The standard InChI is InChI=1S/C11H21NO/c1-11(2,10-3-4-10)12-6-5-9(7-12)8-13/h9-10,13H,3-8H2,1-2H3. The van der Waals surface area contributed by atoms with Crippen molar-refractivity contribution in [2.45, 2.75) is 38.6 Å². The van der Waals surface area contributed by atoms with Crippen molar-refractivity contribution in [3.8, 4) is 0 Å². The average Bonchev–Trinajstić information content (AvgIpc) is 2.84. The molecule has 76 valence electrons. The molecule has 0 bridgehead atoms. The maximum atomic E-state index is 9.08. The highest BCUT2D eigenvalue weighted by Crippen LogP contribution is 2.44. The van der Waals surface area contributed by atoms with Crippen LogP contribution < -0.4 is 0 Å². The Morgan fingerprint density at radius 2 is 2.00 bits per heavy atom. The molecule has 1 atom stereocenters. The summed E-state index contributed by atoms with van der Waals surface area (Å²) in [5, 5.41) is 9.08. The summed E-state index contributed by atoms with van der Waals surface area (Å²) in [5.41, 5.74) is 0.393. The maximum absolute atomic E-state index is 9.08. The van der Waals surface area contributed by atoms with Crippen molar-refractivity contribution in [3.63, 3.8) is 0 Å². The summed E-state index contributed by atoms with van der Waals surface area (Å²) in [6.45, 7) is 7.40. The minimum Gasteiger partial charge on any atom is -0.396 e. The third kappa shape index (κ3) is 1.75. The van der Waals surface area contributed by atoms with Crippen LogP contribution in [0.15, 0.2) is 0 Å². The zero-order valence-electron chi connectivity index (χ0n) is 8.79. The van der Waals surface area contributed by atoms with Crippen LogP contribution >= 0.6 is 0 Å². The second-order valence-corrected chi connectivity index (χ2v) is 5.21. The number of nitrogens with zero attached hydrogens (tertiary/aromatic N) is 1. The molecule has 0 amide bonds. The van der Waals surface area contributed by atoms with Crippen LogP contribution in [0.4, 0.5) is 0 Å². The van der Waals surface area contributed by atoms with E-state index in [0.717, 1.165) is 12.5 Å². The lowest BCUT2D eigenvalue weighted by Crippen LogP contribution is -2.44. The summed E-state index contributed by atoms with van der Waals surface area (Å²) in [6.07, 6.45) is 4.01. The number of hydrogen-bond acceptors (Lipinski definition) is 2. The van der Waals surface area contributed by atoms with E-state index in [4.69, 9.17) is 5.11 Å². The van der Waals surface area contributed by atoms with Gasteiger partial charge in [0.15, 0.2) is 0 Å². The van der Waals surface area contributed by atoms with Crippen molar-refractivity contribution in [3.05, 3.63) is 0 Å². The Hall–Kier alpha value is -0.0800. The zero-order chi connectivity index (χ0) is 9.47. The normalized spacial score (nSPS) is 31.2. The molecule has 2 fully saturated rings. The molecule has 0 radical (unpaired) electrons. The van der Waals surface area contributed by atoms with Crippen molar-refractivity contribution < 1.29 is 5.11 Å². The van der Waals surface area contributed by atoms with E-state index in [-0.39, 0.29) is 0 Å². The van der Waals surface area contributed by atoms with E-state index in [1.807, 2.05) is 0 Å². The van der Waals surface area contributed by atoms with E-state index in [1.165, 1.54) is 25.8 Å². The van der Waals surface area contributed by atoms with E-state index in [2.05, 4.69) is 18.7 Å². The number of rotatable bonds is 3. The van der Waals surface area contributed by atoms with Crippen LogP contribution in [-0.4, -0.2) is 35.2 Å². The molecule has 1 unspecified atom stereocenters. The molecule has 1 aliphatic heterocycles. The Bertz CT molecular complexity index is 187. The SMILES string of the molecule is CC(C)(C1CC1)N1CCC(CO)C1. The number of aliphatic hydroxyl groups is 1. The Morgan fingerprint density at radius 1 is 1.31 bits per heavy atom. The van der Waals surface area contributed by atoms with E-state index in [1.54, 1.807) is 0 Å². The van der Waals surface area contributed by atoms with E-state index >= 15 is 0 Å². The van der Waals surface area contributed by atoms with Gasteiger partial charge >= 0.3 is 0 Å². The van der Waals surface area contributed by atoms with Crippen LogP contribution in [-0.2, 0) is 0 Å². The minimum absolute atomic E-state index is 0.372. The van der Waals surface area contributed by atoms with Crippen LogP contribution in [0.2, 0.25) is 0 Å². The fourth-order valence-corrected chi connectivity index (χ4v) is 2.55. The van der Waals surface area contributed by atoms with Crippen molar-refractivity contribution >= 4 is 0 Å². The van der Waals surface area contributed by atoms with Crippen LogP contribution in [0.1, 0.15) is 33.1 Å². The van der Waals surface area contributed by atoms with Gasteiger partial charge in [0.25, 0.3) is 0 Å². The molecule has 1 saturated heterocycles. The largest absolute Gasteiger partial charge is 0.396 e. The highest BCUT2D eigenvalue weighted by atomic mass is 16.3. The molecule has 0 aromatic carbocycles. The summed E-state index contributed by atoms with van der Waals surface area (Å²) in [4.78, 5) is 2.57. The molecule has 0 aromatic heterocycles. The first kappa shape index (κ1) is 9.47. The second kappa shape index (κ2) is 3.25. The monoisotopic (exact) mass is 183 g/mol.